The molecule has 0 saturated carbocycles. The molecule has 24 nitrogen and oxygen atoms in total. The number of nitrogens with zero attached hydrogens (tertiary/aromatic N) is 9. The van der Waals surface area contributed by atoms with Gasteiger partial charge in [0, 0.05) is 58.0 Å². The fraction of sp³-hybridized carbons (Fsp3) is 0. The molecule has 234 valence electrons. The minimum atomic E-state index is -5.17. The maximum atomic E-state index is 8.52. The molecular formula is C15H29Cd2N9O15S2+6. The minimum Gasteiger partial charge on any atom is -0.759 e. The van der Waals surface area contributed by atoms with Gasteiger partial charge in [0.2, 0.25) is 17.5 Å². The van der Waals surface area contributed by atoms with Crippen molar-refractivity contribution in [2.24, 2.45) is 0 Å². The van der Waals surface area contributed by atoms with Crippen molar-refractivity contribution in [3.05, 3.63) is 55.4 Å². The Morgan fingerprint density at radius 1 is 0.395 bits per heavy atom. The number of hydrogen-bond acceptors (Lipinski definition) is 17. The third-order valence-electron chi connectivity index (χ3n) is 2.93. The van der Waals surface area contributed by atoms with E-state index in [0.717, 1.165) is 0 Å². The van der Waals surface area contributed by atoms with Gasteiger partial charge in [0.1, 0.15) is 0 Å². The van der Waals surface area contributed by atoms with Crippen LogP contribution in [0, 0.1) is 0 Å². The molecule has 0 bridgehead atoms. The molecule has 20 N–H and O–H groups in total. The minimum absolute atomic E-state index is 0. The van der Waals surface area contributed by atoms with Gasteiger partial charge in [-0.05, 0) is 18.2 Å². The monoisotopic (exact) mass is 867 g/mol. The molecule has 4 aromatic heterocycles. The fourth-order valence-corrected chi connectivity index (χ4v) is 1.92. The molecule has 4 heterocycles. The number of hydrogen-bond donors (Lipinski definition) is 0. The third-order valence-corrected chi connectivity index (χ3v) is 2.93. The molecule has 0 radical (unpaired) electrons. The molecule has 0 fully saturated rings. The quantitative estimate of drug-likeness (QED) is 0.0799. The summed E-state index contributed by atoms with van der Waals surface area (Å²) in [4.78, 5) is 38.2. The van der Waals surface area contributed by atoms with E-state index in [2.05, 4.69) is 44.9 Å². The summed E-state index contributed by atoms with van der Waals surface area (Å²) in [5.74, 6) is 2.01. The Kier molecular flexibility index (Phi) is 39.4. The zero-order chi connectivity index (χ0) is 25.2. The Labute approximate surface area is 282 Å². The average molecular weight is 864 g/mol. The van der Waals surface area contributed by atoms with Crippen LogP contribution in [0.5, 0.6) is 0 Å². The van der Waals surface area contributed by atoms with Crippen LogP contribution in [0.2, 0.25) is 0 Å². The van der Waals surface area contributed by atoms with Gasteiger partial charge < -0.3 is 56.5 Å². The molecule has 0 aliphatic rings. The van der Waals surface area contributed by atoms with Crippen LogP contribution in [0.15, 0.2) is 55.4 Å². The first-order valence-electron chi connectivity index (χ1n) is 8.32. The summed E-state index contributed by atoms with van der Waals surface area (Å²) in [6, 6.07) is 5.15. The predicted octanol–water partition coefficient (Wildman–Crippen LogP) is -7.79. The molecule has 0 amide bonds. The largest absolute Gasteiger partial charge is 2.00 e. The second kappa shape index (κ2) is 28.3. The van der Waals surface area contributed by atoms with Gasteiger partial charge in [-0.2, -0.15) is 0 Å². The number of rotatable bonds is 3. The summed E-state index contributed by atoms with van der Waals surface area (Å²) >= 11 is 0. The van der Waals surface area contributed by atoms with Crippen molar-refractivity contribution in [1.29, 1.82) is 0 Å². The van der Waals surface area contributed by atoms with Gasteiger partial charge in [-0.15, -0.1) is 0 Å². The van der Waals surface area contributed by atoms with Crippen molar-refractivity contribution in [2.45, 2.75) is 0 Å². The molecule has 0 unspecified atom stereocenters. The molecule has 0 saturated heterocycles. The van der Waals surface area contributed by atoms with Gasteiger partial charge in [0.15, 0.2) is 17.5 Å². The third kappa shape index (κ3) is 26.9. The van der Waals surface area contributed by atoms with Gasteiger partial charge in [0.05, 0.1) is 0 Å². The zero-order valence-corrected chi connectivity index (χ0v) is 31.4. The average Bonchev–Trinajstić information content (AvgIpc) is 2.78. The van der Waals surface area contributed by atoms with E-state index in [-0.39, 0.29) is 92.9 Å². The maximum absolute atomic E-state index is 8.52. The van der Waals surface area contributed by atoms with E-state index in [0.29, 0.717) is 34.9 Å². The van der Waals surface area contributed by atoms with Crippen molar-refractivity contribution < 1.29 is 128 Å². The van der Waals surface area contributed by atoms with Crippen LogP contribution < -0.4 is 0 Å². The van der Waals surface area contributed by atoms with E-state index in [1.54, 1.807) is 55.4 Å². The van der Waals surface area contributed by atoms with Gasteiger partial charge in [-0.25, -0.2) is 44.9 Å². The van der Waals surface area contributed by atoms with Crippen molar-refractivity contribution >= 4 is 20.8 Å². The first-order valence-corrected chi connectivity index (χ1v) is 11.0. The number of aromatic nitrogens is 9. The van der Waals surface area contributed by atoms with Crippen LogP contribution in [-0.2, 0) is 108 Å². The second-order valence-corrected chi connectivity index (χ2v) is 6.97. The zero-order valence-electron chi connectivity index (χ0n) is 21.7. The molecule has 0 aliphatic carbocycles. The van der Waals surface area contributed by atoms with Crippen molar-refractivity contribution in [3.8, 4) is 34.9 Å². The van der Waals surface area contributed by atoms with E-state index in [4.69, 9.17) is 35.0 Å². The van der Waals surface area contributed by atoms with Crippen molar-refractivity contribution in [2.75, 3.05) is 0 Å². The van der Waals surface area contributed by atoms with Crippen molar-refractivity contribution in [3.63, 3.8) is 0 Å². The van der Waals surface area contributed by atoms with E-state index >= 15 is 0 Å². The van der Waals surface area contributed by atoms with Gasteiger partial charge in [0.25, 0.3) is 0 Å². The van der Waals surface area contributed by atoms with Gasteiger partial charge in [-0.1, -0.05) is 0 Å². The Morgan fingerprint density at radius 3 is 0.674 bits per heavy atom. The van der Waals surface area contributed by atoms with E-state index in [1.807, 2.05) is 0 Å². The standard InChI is InChI=1S/C15H9N9.2Cd.2H2O4S.7H2O/c1-4-16-10(17-5-1)13-22-14(11-18-6-2-7-19-11)24-15(23-13)12-20-8-3-9-21-12;;;2*1-5(2,3)4;;;;;;;/h1-9H;;;2*(H2,1,2,3,4);7*1H2/q;2*+2;;;;;;;;;/p+2. The van der Waals surface area contributed by atoms with Crippen LogP contribution in [0.3, 0.4) is 0 Å². The smallest absolute Gasteiger partial charge is 0.759 e. The van der Waals surface area contributed by atoms with E-state index in [9.17, 15) is 0 Å². The maximum Gasteiger partial charge on any atom is 2.00 e. The summed E-state index contributed by atoms with van der Waals surface area (Å²) < 4.78 is 68.2. The van der Waals surface area contributed by atoms with Gasteiger partial charge in [-0.3, -0.25) is 16.8 Å². The van der Waals surface area contributed by atoms with Gasteiger partial charge >= 0.3 is 54.6 Å². The first kappa shape index (κ1) is 59.9. The van der Waals surface area contributed by atoms with Crippen LogP contribution >= 0.6 is 0 Å². The van der Waals surface area contributed by atoms with Crippen molar-refractivity contribution in [1.82, 2.24) is 44.9 Å². The van der Waals surface area contributed by atoms with Crippen LogP contribution in [0.1, 0.15) is 0 Å². The summed E-state index contributed by atoms with van der Waals surface area (Å²) in [7, 11) is -10.3. The van der Waals surface area contributed by atoms with E-state index in [1.165, 1.54) is 0 Å². The predicted molar refractivity (Wildman–Crippen MR) is 137 cm³/mol. The molecule has 0 spiro atoms. The molecule has 4 aromatic rings. The first-order chi connectivity index (χ1) is 15.9. The topological polar surface area (TPSA) is 506 Å². The molecule has 4 rings (SSSR count). The SMILES string of the molecule is O.O=S(=O)([O-])[O-].O=S(=O)([O-])[O-].[Cd+2].[Cd+2].[OH3+].[OH3+].[OH3+].[OH3+].[OH3+].[OH3+].c1cnc(-c2nc(-c3ncccn3)nc(-c3ncccn3)n2)nc1. The Morgan fingerprint density at radius 2 is 0.535 bits per heavy atom. The molecule has 43 heavy (non-hydrogen) atoms. The molecule has 0 aromatic carbocycles. The van der Waals surface area contributed by atoms with E-state index < -0.39 is 20.8 Å². The normalized spacial score (nSPS) is 8.56. The Bertz CT molecular complexity index is 1250. The summed E-state index contributed by atoms with van der Waals surface area (Å²) in [6.45, 7) is 0. The Balaban J connectivity index is -0.0000000952. The van der Waals surface area contributed by atoms with Crippen LogP contribution in [0.4, 0.5) is 0 Å². The summed E-state index contributed by atoms with van der Waals surface area (Å²) in [6.07, 6.45) is 9.69. The summed E-state index contributed by atoms with van der Waals surface area (Å²) in [5, 5.41) is 0. The molecular weight excluding hydrogens is 835 g/mol. The molecule has 28 heteroatoms. The molecule has 0 aliphatic heterocycles. The Hall–Kier alpha value is -2.45. The summed E-state index contributed by atoms with van der Waals surface area (Å²) in [5.41, 5.74) is 0. The van der Waals surface area contributed by atoms with Crippen LogP contribution in [-0.4, -0.2) is 85.4 Å². The fourth-order valence-electron chi connectivity index (χ4n) is 1.92. The molecule has 0 atom stereocenters. The second-order valence-electron chi connectivity index (χ2n) is 5.34. The van der Waals surface area contributed by atoms with Crippen LogP contribution in [0.25, 0.3) is 34.9 Å².